The van der Waals surface area contributed by atoms with Gasteiger partial charge in [0.1, 0.15) is 11.4 Å². The number of pyridine rings is 1. The number of nitrogens with one attached hydrogen (secondary N) is 1. The normalized spacial score (nSPS) is 20.6. The number of imidazole rings is 1. The Morgan fingerprint density at radius 1 is 1.40 bits per heavy atom. The standard InChI is InChI=1S/C13H15N5O2/c1-13(20)9-2-3-14-12(11(9)15-7-17-13)10-6-18(4-5-19)8-16-10/h2-3,6-8,19-20H,4-5H2,1H3,(H,15,17). The lowest BCUT2D eigenvalue weighted by Crippen LogP contribution is -2.25. The molecule has 3 N–H and O–H groups in total. The van der Waals surface area contributed by atoms with Crippen molar-refractivity contribution in [3.63, 3.8) is 0 Å². The number of hydrogen-bond donors (Lipinski definition) is 3. The van der Waals surface area contributed by atoms with Gasteiger partial charge in [-0.1, -0.05) is 0 Å². The van der Waals surface area contributed by atoms with Crippen molar-refractivity contribution in [1.82, 2.24) is 14.5 Å². The molecule has 20 heavy (non-hydrogen) atoms. The largest absolute Gasteiger partial charge is 0.395 e. The van der Waals surface area contributed by atoms with Gasteiger partial charge in [-0.15, -0.1) is 0 Å². The van der Waals surface area contributed by atoms with Gasteiger partial charge in [0.05, 0.1) is 25.0 Å². The van der Waals surface area contributed by atoms with Gasteiger partial charge in [0, 0.05) is 24.5 Å². The Labute approximate surface area is 115 Å². The second-order valence-corrected chi connectivity index (χ2v) is 4.73. The Balaban J connectivity index is 2.07. The number of nitrogens with zero attached hydrogens (tertiary/aromatic N) is 4. The maximum atomic E-state index is 10.3. The van der Waals surface area contributed by atoms with E-state index >= 15 is 0 Å². The van der Waals surface area contributed by atoms with E-state index in [1.807, 2.05) is 0 Å². The summed E-state index contributed by atoms with van der Waals surface area (Å²) in [6.07, 6.45) is 6.52. The molecule has 0 saturated heterocycles. The molecular weight excluding hydrogens is 258 g/mol. The first-order chi connectivity index (χ1) is 9.62. The van der Waals surface area contributed by atoms with Crippen LogP contribution in [0.5, 0.6) is 0 Å². The lowest BCUT2D eigenvalue weighted by molar-refractivity contribution is 0.0678. The molecule has 0 aromatic carbocycles. The Morgan fingerprint density at radius 3 is 3.05 bits per heavy atom. The molecule has 1 aliphatic heterocycles. The number of fused-ring (bicyclic) bond motifs is 1. The Kier molecular flexibility index (Phi) is 3.00. The maximum absolute atomic E-state index is 10.3. The molecule has 0 aliphatic carbocycles. The highest BCUT2D eigenvalue weighted by atomic mass is 16.3. The second kappa shape index (κ2) is 4.69. The fraction of sp³-hybridized carbons (Fsp3) is 0.308. The van der Waals surface area contributed by atoms with Crippen LogP contribution in [0, 0.1) is 0 Å². The van der Waals surface area contributed by atoms with Crippen LogP contribution in [0.25, 0.3) is 11.4 Å². The van der Waals surface area contributed by atoms with Crippen LogP contribution in [0.15, 0.2) is 29.8 Å². The SMILES string of the molecule is CC1(O)N=CNc2c1ccnc2-c1cn(CCO)cn1. The van der Waals surface area contributed by atoms with Crippen molar-refractivity contribution in [2.75, 3.05) is 11.9 Å². The molecule has 7 heteroatoms. The van der Waals surface area contributed by atoms with Crippen LogP contribution in [0.4, 0.5) is 5.69 Å². The van der Waals surface area contributed by atoms with Crippen molar-refractivity contribution >= 4 is 12.0 Å². The first-order valence-electron chi connectivity index (χ1n) is 6.27. The lowest BCUT2D eigenvalue weighted by Gasteiger charge is -2.26. The van der Waals surface area contributed by atoms with Crippen molar-refractivity contribution in [2.24, 2.45) is 4.99 Å². The molecule has 2 aromatic rings. The summed E-state index contributed by atoms with van der Waals surface area (Å²) in [6, 6.07) is 1.73. The number of aliphatic hydroxyl groups excluding tert-OH is 1. The fourth-order valence-electron chi connectivity index (χ4n) is 2.21. The van der Waals surface area contributed by atoms with Gasteiger partial charge < -0.3 is 20.1 Å². The van der Waals surface area contributed by atoms with E-state index in [1.54, 1.807) is 36.3 Å². The third-order valence-electron chi connectivity index (χ3n) is 3.22. The van der Waals surface area contributed by atoms with Crippen molar-refractivity contribution < 1.29 is 10.2 Å². The molecule has 1 aliphatic rings. The van der Waals surface area contributed by atoms with Gasteiger partial charge in [0.25, 0.3) is 0 Å². The predicted octanol–water partition coefficient (Wildman–Crippen LogP) is 0.556. The maximum Gasteiger partial charge on any atom is 0.183 e. The molecule has 0 bridgehead atoms. The summed E-state index contributed by atoms with van der Waals surface area (Å²) in [4.78, 5) is 12.6. The summed E-state index contributed by atoms with van der Waals surface area (Å²) in [5, 5.41) is 22.2. The molecule has 0 saturated carbocycles. The molecule has 104 valence electrons. The number of aliphatic imine (C=N–C) groups is 1. The average Bonchev–Trinajstić information content (AvgIpc) is 2.87. The van der Waals surface area contributed by atoms with Crippen molar-refractivity contribution in [3.8, 4) is 11.4 Å². The van der Waals surface area contributed by atoms with Gasteiger partial charge >= 0.3 is 0 Å². The van der Waals surface area contributed by atoms with Crippen LogP contribution in [-0.2, 0) is 12.3 Å². The number of aliphatic hydroxyl groups is 2. The molecule has 3 rings (SSSR count). The first kappa shape index (κ1) is 12.8. The molecule has 2 aromatic heterocycles. The van der Waals surface area contributed by atoms with Gasteiger partial charge in [0.15, 0.2) is 5.72 Å². The van der Waals surface area contributed by atoms with Gasteiger partial charge in [-0.2, -0.15) is 0 Å². The molecule has 1 unspecified atom stereocenters. The lowest BCUT2D eigenvalue weighted by atomic mass is 10.0. The molecule has 0 amide bonds. The van der Waals surface area contributed by atoms with Crippen LogP contribution < -0.4 is 5.32 Å². The van der Waals surface area contributed by atoms with E-state index in [2.05, 4.69) is 20.3 Å². The minimum atomic E-state index is -1.27. The third kappa shape index (κ3) is 2.06. The molecular formula is C13H15N5O2. The highest BCUT2D eigenvalue weighted by molar-refractivity contribution is 5.88. The van der Waals surface area contributed by atoms with Gasteiger partial charge in [-0.05, 0) is 13.0 Å². The zero-order valence-electron chi connectivity index (χ0n) is 11.0. The molecule has 0 fully saturated rings. The van der Waals surface area contributed by atoms with Crippen molar-refractivity contribution in [1.29, 1.82) is 0 Å². The quantitative estimate of drug-likeness (QED) is 0.759. The number of anilines is 1. The summed E-state index contributed by atoms with van der Waals surface area (Å²) in [6.45, 7) is 2.15. The minimum Gasteiger partial charge on any atom is -0.395 e. The molecule has 7 nitrogen and oxygen atoms in total. The van der Waals surface area contributed by atoms with Crippen LogP contribution >= 0.6 is 0 Å². The number of hydrogen-bond acceptors (Lipinski definition) is 6. The Morgan fingerprint density at radius 2 is 2.25 bits per heavy atom. The van der Waals surface area contributed by atoms with Crippen molar-refractivity contribution in [3.05, 3.63) is 30.4 Å². The summed E-state index contributed by atoms with van der Waals surface area (Å²) < 4.78 is 1.78. The van der Waals surface area contributed by atoms with Crippen LogP contribution in [0.1, 0.15) is 12.5 Å². The smallest absolute Gasteiger partial charge is 0.183 e. The Hall–Kier alpha value is -2.25. The van der Waals surface area contributed by atoms with Gasteiger partial charge in [-0.25, -0.2) is 9.98 Å². The fourth-order valence-corrected chi connectivity index (χ4v) is 2.21. The van der Waals surface area contributed by atoms with Crippen LogP contribution in [0.2, 0.25) is 0 Å². The van der Waals surface area contributed by atoms with Crippen LogP contribution in [0.3, 0.4) is 0 Å². The number of aromatic nitrogens is 3. The van der Waals surface area contributed by atoms with Crippen LogP contribution in [-0.4, -0.2) is 37.7 Å². The zero-order valence-corrected chi connectivity index (χ0v) is 11.0. The second-order valence-electron chi connectivity index (χ2n) is 4.73. The van der Waals surface area contributed by atoms with E-state index < -0.39 is 5.72 Å². The predicted molar refractivity (Wildman–Crippen MR) is 74.2 cm³/mol. The van der Waals surface area contributed by atoms with E-state index in [1.165, 1.54) is 6.34 Å². The molecule has 0 radical (unpaired) electrons. The zero-order chi connectivity index (χ0) is 14.2. The van der Waals surface area contributed by atoms with E-state index in [0.717, 1.165) is 0 Å². The molecule has 1 atom stereocenters. The minimum absolute atomic E-state index is 0.0513. The summed E-state index contributed by atoms with van der Waals surface area (Å²) >= 11 is 0. The highest BCUT2D eigenvalue weighted by Crippen LogP contribution is 2.36. The van der Waals surface area contributed by atoms with E-state index in [9.17, 15) is 5.11 Å². The molecule has 0 spiro atoms. The average molecular weight is 273 g/mol. The summed E-state index contributed by atoms with van der Waals surface area (Å²) in [7, 11) is 0. The summed E-state index contributed by atoms with van der Waals surface area (Å²) in [5.41, 5.74) is 1.40. The Bertz CT molecular complexity index is 663. The van der Waals surface area contributed by atoms with Gasteiger partial charge in [0.2, 0.25) is 0 Å². The first-order valence-corrected chi connectivity index (χ1v) is 6.27. The van der Waals surface area contributed by atoms with Crippen molar-refractivity contribution in [2.45, 2.75) is 19.2 Å². The monoisotopic (exact) mass is 273 g/mol. The van der Waals surface area contributed by atoms with Gasteiger partial charge in [-0.3, -0.25) is 4.98 Å². The van der Waals surface area contributed by atoms with E-state index in [4.69, 9.17) is 5.11 Å². The highest BCUT2D eigenvalue weighted by Gasteiger charge is 2.29. The van der Waals surface area contributed by atoms with E-state index in [0.29, 0.717) is 29.2 Å². The number of rotatable bonds is 3. The van der Waals surface area contributed by atoms with E-state index in [-0.39, 0.29) is 6.61 Å². The third-order valence-corrected chi connectivity index (χ3v) is 3.22. The topological polar surface area (TPSA) is 95.6 Å². The summed E-state index contributed by atoms with van der Waals surface area (Å²) in [5.74, 6) is 0. The molecule has 3 heterocycles.